The first-order chi connectivity index (χ1) is 8.56. The molecule has 0 fully saturated rings. The molecule has 0 unspecified atom stereocenters. The number of nitrogen functional groups attached to an aromatic ring is 1. The Bertz CT molecular complexity index is 405. The first kappa shape index (κ1) is 14.3. The Morgan fingerprint density at radius 1 is 1.50 bits per heavy atom. The summed E-state index contributed by atoms with van der Waals surface area (Å²) < 4.78 is 10.4. The third-order valence-corrected chi connectivity index (χ3v) is 2.38. The highest BCUT2D eigenvalue weighted by atomic mass is 16.5. The summed E-state index contributed by atoms with van der Waals surface area (Å²) in [4.78, 5) is 15.6. The SMILES string of the molecule is CCOC(=O)c1ccnc(OCCC(C)C)c1N. The molecule has 0 spiro atoms. The number of anilines is 1. The highest BCUT2D eigenvalue weighted by Gasteiger charge is 2.15. The highest BCUT2D eigenvalue weighted by molar-refractivity contribution is 5.96. The van der Waals surface area contributed by atoms with Crippen molar-refractivity contribution >= 4 is 11.7 Å². The van der Waals surface area contributed by atoms with Gasteiger partial charge in [0, 0.05) is 6.20 Å². The molecule has 1 aromatic rings. The van der Waals surface area contributed by atoms with E-state index in [0.29, 0.717) is 30.6 Å². The van der Waals surface area contributed by atoms with Crippen LogP contribution in [0, 0.1) is 5.92 Å². The molecule has 0 aliphatic heterocycles. The number of ether oxygens (including phenoxy) is 2. The van der Waals surface area contributed by atoms with E-state index >= 15 is 0 Å². The van der Waals surface area contributed by atoms with Gasteiger partial charge in [-0.15, -0.1) is 0 Å². The minimum absolute atomic E-state index is 0.236. The maximum absolute atomic E-state index is 11.6. The molecule has 5 heteroatoms. The van der Waals surface area contributed by atoms with Gasteiger partial charge in [0.2, 0.25) is 5.88 Å². The normalized spacial score (nSPS) is 10.4. The number of nitrogens with zero attached hydrogens (tertiary/aromatic N) is 1. The van der Waals surface area contributed by atoms with E-state index < -0.39 is 5.97 Å². The topological polar surface area (TPSA) is 74.4 Å². The molecule has 2 N–H and O–H groups in total. The van der Waals surface area contributed by atoms with Crippen molar-refractivity contribution in [3.63, 3.8) is 0 Å². The fourth-order valence-electron chi connectivity index (χ4n) is 1.35. The van der Waals surface area contributed by atoms with E-state index in [9.17, 15) is 4.79 Å². The predicted molar refractivity (Wildman–Crippen MR) is 69.6 cm³/mol. The van der Waals surface area contributed by atoms with Crippen LogP contribution in [0.3, 0.4) is 0 Å². The summed E-state index contributed by atoms with van der Waals surface area (Å²) in [7, 11) is 0. The molecular formula is C13H20N2O3. The molecular weight excluding hydrogens is 232 g/mol. The van der Waals surface area contributed by atoms with Crippen LogP contribution in [0.15, 0.2) is 12.3 Å². The number of carbonyl (C=O) groups is 1. The second-order valence-corrected chi connectivity index (χ2v) is 4.33. The van der Waals surface area contributed by atoms with Crippen LogP contribution in [0.25, 0.3) is 0 Å². The van der Waals surface area contributed by atoms with Gasteiger partial charge in [0.15, 0.2) is 0 Å². The van der Waals surface area contributed by atoms with Gasteiger partial charge in [-0.1, -0.05) is 13.8 Å². The average molecular weight is 252 g/mol. The first-order valence-corrected chi connectivity index (χ1v) is 6.10. The molecule has 0 aliphatic carbocycles. The van der Waals surface area contributed by atoms with Gasteiger partial charge < -0.3 is 15.2 Å². The Hall–Kier alpha value is -1.78. The van der Waals surface area contributed by atoms with Gasteiger partial charge in [-0.2, -0.15) is 0 Å². The van der Waals surface area contributed by atoms with Crippen LogP contribution in [0.1, 0.15) is 37.6 Å². The Labute approximate surface area is 107 Å². The van der Waals surface area contributed by atoms with Gasteiger partial charge in [-0.05, 0) is 25.3 Å². The molecule has 100 valence electrons. The van der Waals surface area contributed by atoms with Gasteiger partial charge in [0.25, 0.3) is 0 Å². The monoisotopic (exact) mass is 252 g/mol. The second kappa shape index (κ2) is 6.83. The van der Waals surface area contributed by atoms with Gasteiger partial charge in [-0.25, -0.2) is 9.78 Å². The third kappa shape index (κ3) is 3.91. The molecule has 0 amide bonds. The lowest BCUT2D eigenvalue weighted by atomic mass is 10.1. The van der Waals surface area contributed by atoms with Crippen molar-refractivity contribution in [1.29, 1.82) is 0 Å². The average Bonchev–Trinajstić information content (AvgIpc) is 2.31. The Balaban J connectivity index is 2.75. The summed E-state index contributed by atoms with van der Waals surface area (Å²) >= 11 is 0. The molecule has 1 rings (SSSR count). The van der Waals surface area contributed by atoms with Crippen molar-refractivity contribution in [2.24, 2.45) is 5.92 Å². The standard InChI is InChI=1S/C13H20N2O3/c1-4-17-13(16)10-5-7-15-12(11(10)14)18-8-6-9(2)3/h5,7,9H,4,6,8,14H2,1-3H3. The smallest absolute Gasteiger partial charge is 0.340 e. The van der Waals surface area contributed by atoms with Crippen LogP contribution < -0.4 is 10.5 Å². The number of nitrogens with two attached hydrogens (primary N) is 1. The van der Waals surface area contributed by atoms with Crippen molar-refractivity contribution in [1.82, 2.24) is 4.98 Å². The third-order valence-electron chi connectivity index (χ3n) is 2.38. The molecule has 0 saturated heterocycles. The molecule has 1 aromatic heterocycles. The van der Waals surface area contributed by atoms with Crippen molar-refractivity contribution in [3.05, 3.63) is 17.8 Å². The van der Waals surface area contributed by atoms with Crippen LogP contribution in [0.4, 0.5) is 5.69 Å². The lowest BCUT2D eigenvalue weighted by molar-refractivity contribution is 0.0527. The van der Waals surface area contributed by atoms with E-state index in [-0.39, 0.29) is 5.69 Å². The van der Waals surface area contributed by atoms with Crippen LogP contribution in [0.2, 0.25) is 0 Å². The zero-order valence-electron chi connectivity index (χ0n) is 11.1. The molecule has 18 heavy (non-hydrogen) atoms. The number of rotatable bonds is 6. The van der Waals surface area contributed by atoms with Gasteiger partial charge >= 0.3 is 5.97 Å². The Kier molecular flexibility index (Phi) is 5.42. The molecule has 0 aromatic carbocycles. The van der Waals surface area contributed by atoms with Crippen LogP contribution in [-0.2, 0) is 4.74 Å². The first-order valence-electron chi connectivity index (χ1n) is 6.10. The van der Waals surface area contributed by atoms with E-state index in [0.717, 1.165) is 6.42 Å². The van der Waals surface area contributed by atoms with E-state index in [4.69, 9.17) is 15.2 Å². The summed E-state index contributed by atoms with van der Waals surface area (Å²) in [5.41, 5.74) is 6.38. The maximum atomic E-state index is 11.6. The minimum atomic E-state index is -0.453. The Morgan fingerprint density at radius 3 is 2.83 bits per heavy atom. The number of aromatic nitrogens is 1. The van der Waals surface area contributed by atoms with E-state index in [1.165, 1.54) is 12.3 Å². The zero-order chi connectivity index (χ0) is 13.5. The van der Waals surface area contributed by atoms with Crippen molar-refractivity contribution < 1.29 is 14.3 Å². The largest absolute Gasteiger partial charge is 0.476 e. The lowest BCUT2D eigenvalue weighted by Crippen LogP contribution is -2.11. The van der Waals surface area contributed by atoms with Crippen molar-refractivity contribution in [2.75, 3.05) is 18.9 Å². The molecule has 0 saturated carbocycles. The fourth-order valence-corrected chi connectivity index (χ4v) is 1.35. The summed E-state index contributed by atoms with van der Waals surface area (Å²) in [6.45, 7) is 6.80. The van der Waals surface area contributed by atoms with E-state index in [1.54, 1.807) is 6.92 Å². The summed E-state index contributed by atoms with van der Waals surface area (Å²) in [5.74, 6) is 0.381. The number of hydrogen-bond donors (Lipinski definition) is 1. The summed E-state index contributed by atoms with van der Waals surface area (Å²) in [5, 5.41) is 0. The number of esters is 1. The molecule has 0 radical (unpaired) electrons. The van der Waals surface area contributed by atoms with E-state index in [2.05, 4.69) is 18.8 Å². The predicted octanol–water partition coefficient (Wildman–Crippen LogP) is 2.27. The highest BCUT2D eigenvalue weighted by Crippen LogP contribution is 2.23. The van der Waals surface area contributed by atoms with Crippen LogP contribution in [0.5, 0.6) is 5.88 Å². The van der Waals surface area contributed by atoms with Crippen molar-refractivity contribution in [2.45, 2.75) is 27.2 Å². The number of pyridine rings is 1. The van der Waals surface area contributed by atoms with Crippen LogP contribution in [-0.4, -0.2) is 24.2 Å². The van der Waals surface area contributed by atoms with Gasteiger partial charge in [-0.3, -0.25) is 0 Å². The quantitative estimate of drug-likeness (QED) is 0.786. The minimum Gasteiger partial charge on any atom is -0.476 e. The van der Waals surface area contributed by atoms with Gasteiger partial charge in [0.05, 0.1) is 18.8 Å². The number of carbonyl (C=O) groups excluding carboxylic acids is 1. The molecule has 0 aliphatic rings. The second-order valence-electron chi connectivity index (χ2n) is 4.33. The van der Waals surface area contributed by atoms with E-state index in [1.807, 2.05) is 0 Å². The molecule has 1 heterocycles. The summed E-state index contributed by atoms with van der Waals surface area (Å²) in [6, 6.07) is 1.53. The summed E-state index contributed by atoms with van der Waals surface area (Å²) in [6.07, 6.45) is 2.40. The molecule has 5 nitrogen and oxygen atoms in total. The number of hydrogen-bond acceptors (Lipinski definition) is 5. The van der Waals surface area contributed by atoms with Crippen LogP contribution >= 0.6 is 0 Å². The molecule has 0 atom stereocenters. The van der Waals surface area contributed by atoms with Crippen molar-refractivity contribution in [3.8, 4) is 5.88 Å². The van der Waals surface area contributed by atoms with Gasteiger partial charge in [0.1, 0.15) is 5.69 Å². The lowest BCUT2D eigenvalue weighted by Gasteiger charge is -2.11. The Morgan fingerprint density at radius 2 is 2.22 bits per heavy atom. The maximum Gasteiger partial charge on any atom is 0.340 e. The zero-order valence-corrected chi connectivity index (χ0v) is 11.1. The molecule has 0 bridgehead atoms. The fraction of sp³-hybridized carbons (Fsp3) is 0.538.